The third kappa shape index (κ3) is 2.94. The molecule has 2 aliphatic rings. The van der Waals surface area contributed by atoms with Gasteiger partial charge in [-0.1, -0.05) is 19.1 Å². The molecule has 0 radical (unpaired) electrons. The number of Topliss-reactive ketones (excluding diaryl/α,β-unsaturated/α-hetero) is 1. The maximum absolute atomic E-state index is 14.4. The fourth-order valence-electron chi connectivity index (χ4n) is 5.79. The quantitative estimate of drug-likeness (QED) is 0.614. The van der Waals surface area contributed by atoms with E-state index in [2.05, 4.69) is 16.0 Å². The summed E-state index contributed by atoms with van der Waals surface area (Å²) in [7, 11) is 0. The highest BCUT2D eigenvalue weighted by Crippen LogP contribution is 2.56. The SMILES string of the molecule is Cc1nc(-c2cncnc2)c2c(n1)[C@@]1(c3cccc(F)c3)CC(C#N)C(=O)[C@@H](C)[C@@H]1CC2. The number of carbonyl (C=O) groups excluding carboxylic acids is 1. The first-order valence-corrected chi connectivity index (χ1v) is 10.8. The topological polar surface area (TPSA) is 92.4 Å². The fraction of sp³-hybridized carbons (Fsp3) is 0.360. The van der Waals surface area contributed by atoms with Crippen molar-refractivity contribution in [3.8, 4) is 17.3 Å². The molecular formula is C25H22FN5O. The number of hydrogen-bond acceptors (Lipinski definition) is 6. The Hall–Kier alpha value is -3.53. The van der Waals surface area contributed by atoms with Gasteiger partial charge in [-0.05, 0) is 49.8 Å². The summed E-state index contributed by atoms with van der Waals surface area (Å²) in [5.74, 6) is -0.975. The van der Waals surface area contributed by atoms with Gasteiger partial charge >= 0.3 is 0 Å². The first-order chi connectivity index (χ1) is 15.5. The van der Waals surface area contributed by atoms with E-state index in [1.807, 2.05) is 19.9 Å². The summed E-state index contributed by atoms with van der Waals surface area (Å²) < 4.78 is 14.4. The number of aryl methyl sites for hydroxylation is 1. The largest absolute Gasteiger partial charge is 0.298 e. The summed E-state index contributed by atoms with van der Waals surface area (Å²) in [6, 6.07) is 8.74. The highest BCUT2D eigenvalue weighted by molar-refractivity contribution is 5.87. The molecule has 0 amide bonds. The van der Waals surface area contributed by atoms with Crippen molar-refractivity contribution >= 4 is 5.78 Å². The van der Waals surface area contributed by atoms with E-state index in [0.717, 1.165) is 34.5 Å². The van der Waals surface area contributed by atoms with Crippen molar-refractivity contribution in [2.75, 3.05) is 0 Å². The minimum Gasteiger partial charge on any atom is -0.298 e. The van der Waals surface area contributed by atoms with Gasteiger partial charge in [0.2, 0.25) is 0 Å². The Morgan fingerprint density at radius 1 is 1.22 bits per heavy atom. The Labute approximate surface area is 185 Å². The van der Waals surface area contributed by atoms with Crippen molar-refractivity contribution in [1.29, 1.82) is 5.26 Å². The Morgan fingerprint density at radius 2 is 2.00 bits per heavy atom. The van der Waals surface area contributed by atoms with Crippen LogP contribution < -0.4 is 0 Å². The molecule has 1 saturated carbocycles. The minimum absolute atomic E-state index is 0.0320. The van der Waals surface area contributed by atoms with Crippen molar-refractivity contribution in [3.63, 3.8) is 0 Å². The van der Waals surface area contributed by atoms with Crippen molar-refractivity contribution in [3.05, 3.63) is 71.4 Å². The summed E-state index contributed by atoms with van der Waals surface area (Å²) in [5, 5.41) is 9.83. The van der Waals surface area contributed by atoms with E-state index in [1.54, 1.807) is 18.5 Å². The van der Waals surface area contributed by atoms with Gasteiger partial charge < -0.3 is 0 Å². The first kappa shape index (κ1) is 20.4. The molecular weight excluding hydrogens is 405 g/mol. The lowest BCUT2D eigenvalue weighted by molar-refractivity contribution is -0.131. The molecule has 6 nitrogen and oxygen atoms in total. The van der Waals surface area contributed by atoms with Gasteiger partial charge in [0.05, 0.1) is 17.5 Å². The summed E-state index contributed by atoms with van der Waals surface area (Å²) in [6.07, 6.45) is 6.62. The highest BCUT2D eigenvalue weighted by atomic mass is 19.1. The molecule has 4 atom stereocenters. The standard InChI is InChI=1S/C25H22FN5O/c1-14-21-7-6-20-22(17-11-28-13-29-12-17)30-15(2)31-24(20)25(21,9-16(10-27)23(14)32)18-4-3-5-19(26)8-18/h3-5,8,11-14,16,21H,6-7,9H2,1-2H3/t14-,16?,21-,25+/m0/s1. The molecule has 0 N–H and O–H groups in total. The van der Waals surface area contributed by atoms with Crippen LogP contribution in [0.1, 0.15) is 42.4 Å². The molecule has 7 heteroatoms. The van der Waals surface area contributed by atoms with Crippen LogP contribution in [0.5, 0.6) is 0 Å². The Balaban J connectivity index is 1.84. The lowest BCUT2D eigenvalue weighted by Crippen LogP contribution is -2.53. The van der Waals surface area contributed by atoms with E-state index in [4.69, 9.17) is 9.97 Å². The number of nitrogens with zero attached hydrogens (tertiary/aromatic N) is 5. The van der Waals surface area contributed by atoms with Gasteiger partial charge in [0.15, 0.2) is 5.78 Å². The van der Waals surface area contributed by atoms with Gasteiger partial charge in [0.1, 0.15) is 23.9 Å². The number of hydrogen-bond donors (Lipinski definition) is 0. The molecule has 1 unspecified atom stereocenters. The van der Waals surface area contributed by atoms with Crippen molar-refractivity contribution in [1.82, 2.24) is 19.9 Å². The van der Waals surface area contributed by atoms with Gasteiger partial charge in [-0.15, -0.1) is 0 Å². The Morgan fingerprint density at radius 3 is 2.72 bits per heavy atom. The van der Waals surface area contributed by atoms with Crippen LogP contribution in [0.4, 0.5) is 4.39 Å². The summed E-state index contributed by atoms with van der Waals surface area (Å²) in [4.78, 5) is 30.9. The molecule has 160 valence electrons. The van der Waals surface area contributed by atoms with Gasteiger partial charge in [0, 0.05) is 34.9 Å². The zero-order valence-electron chi connectivity index (χ0n) is 17.9. The molecule has 1 fully saturated rings. The van der Waals surface area contributed by atoms with Crippen molar-refractivity contribution in [2.45, 2.75) is 38.5 Å². The predicted octanol–water partition coefficient (Wildman–Crippen LogP) is 3.98. The van der Waals surface area contributed by atoms with Gasteiger partial charge in [-0.2, -0.15) is 5.26 Å². The van der Waals surface area contributed by atoms with Gasteiger partial charge in [-0.25, -0.2) is 24.3 Å². The number of nitriles is 1. The van der Waals surface area contributed by atoms with Crippen LogP contribution in [-0.4, -0.2) is 25.7 Å². The maximum Gasteiger partial charge on any atom is 0.153 e. The summed E-state index contributed by atoms with van der Waals surface area (Å²) >= 11 is 0. The summed E-state index contributed by atoms with van der Waals surface area (Å²) in [5.41, 5.74) is 3.33. The van der Waals surface area contributed by atoms with Crippen LogP contribution >= 0.6 is 0 Å². The third-order valence-electron chi connectivity index (χ3n) is 7.13. The van der Waals surface area contributed by atoms with E-state index in [1.165, 1.54) is 18.5 Å². The number of benzene rings is 1. The minimum atomic E-state index is -0.769. The lowest BCUT2D eigenvalue weighted by Gasteiger charge is -2.51. The molecule has 3 aromatic rings. The van der Waals surface area contributed by atoms with E-state index in [-0.39, 0.29) is 29.9 Å². The molecule has 0 aliphatic heterocycles. The second-order valence-electron chi connectivity index (χ2n) is 8.78. The molecule has 2 heterocycles. The smallest absolute Gasteiger partial charge is 0.153 e. The van der Waals surface area contributed by atoms with Crippen molar-refractivity contribution < 1.29 is 9.18 Å². The van der Waals surface area contributed by atoms with E-state index in [9.17, 15) is 14.4 Å². The number of fused-ring (bicyclic) bond motifs is 3. The lowest BCUT2D eigenvalue weighted by atomic mass is 9.50. The zero-order chi connectivity index (χ0) is 22.5. The van der Waals surface area contributed by atoms with Crippen LogP contribution in [0.25, 0.3) is 11.3 Å². The van der Waals surface area contributed by atoms with Crippen LogP contribution in [0.2, 0.25) is 0 Å². The van der Waals surface area contributed by atoms with Crippen LogP contribution in [-0.2, 0) is 16.6 Å². The highest BCUT2D eigenvalue weighted by Gasteiger charge is 2.56. The number of halogens is 1. The molecule has 0 bridgehead atoms. The van der Waals surface area contributed by atoms with Crippen LogP contribution in [0.15, 0.2) is 43.0 Å². The molecule has 2 aliphatic carbocycles. The number of carbonyl (C=O) groups is 1. The van der Waals surface area contributed by atoms with Crippen LogP contribution in [0, 0.1) is 41.8 Å². The number of rotatable bonds is 2. The number of ketones is 1. The molecule has 0 spiro atoms. The average Bonchev–Trinajstić information content (AvgIpc) is 2.81. The number of aromatic nitrogens is 4. The Bertz CT molecular complexity index is 1250. The maximum atomic E-state index is 14.4. The molecule has 32 heavy (non-hydrogen) atoms. The molecule has 0 saturated heterocycles. The second-order valence-corrected chi connectivity index (χ2v) is 8.78. The summed E-state index contributed by atoms with van der Waals surface area (Å²) in [6.45, 7) is 3.73. The third-order valence-corrected chi connectivity index (χ3v) is 7.13. The average molecular weight is 427 g/mol. The normalized spacial score (nSPS) is 26.7. The fourth-order valence-corrected chi connectivity index (χ4v) is 5.79. The van der Waals surface area contributed by atoms with Crippen LogP contribution in [0.3, 0.4) is 0 Å². The van der Waals surface area contributed by atoms with E-state index < -0.39 is 11.3 Å². The van der Waals surface area contributed by atoms with Gasteiger partial charge in [-0.3, -0.25) is 4.79 Å². The monoisotopic (exact) mass is 427 g/mol. The van der Waals surface area contributed by atoms with Gasteiger partial charge in [0.25, 0.3) is 0 Å². The van der Waals surface area contributed by atoms with E-state index in [0.29, 0.717) is 12.2 Å². The first-order valence-electron chi connectivity index (χ1n) is 10.8. The van der Waals surface area contributed by atoms with E-state index >= 15 is 0 Å². The molecule has 2 aromatic heterocycles. The second kappa shape index (κ2) is 7.56. The van der Waals surface area contributed by atoms with Crippen molar-refractivity contribution in [2.24, 2.45) is 17.8 Å². The molecule has 1 aromatic carbocycles. The zero-order valence-corrected chi connectivity index (χ0v) is 17.9. The Kier molecular flexibility index (Phi) is 4.81. The molecule has 5 rings (SSSR count). The predicted molar refractivity (Wildman–Crippen MR) is 115 cm³/mol.